The van der Waals surface area contributed by atoms with Crippen LogP contribution in [0.25, 0.3) is 10.8 Å². The molecule has 1 aliphatic rings. The summed E-state index contributed by atoms with van der Waals surface area (Å²) in [7, 11) is -1.78. The molecule has 1 amide bonds. The normalized spacial score (nSPS) is 13.6. The number of carbonyl (C=O) groups excluding carboxylic acids is 1. The van der Waals surface area contributed by atoms with Gasteiger partial charge >= 0.3 is 0 Å². The van der Waals surface area contributed by atoms with Crippen molar-refractivity contribution in [3.63, 3.8) is 0 Å². The van der Waals surface area contributed by atoms with E-state index in [0.717, 1.165) is 23.9 Å². The minimum atomic E-state index is -3.82. The summed E-state index contributed by atoms with van der Waals surface area (Å²) in [4.78, 5) is 14.9. The highest BCUT2D eigenvalue weighted by molar-refractivity contribution is 7.89. The van der Waals surface area contributed by atoms with Gasteiger partial charge in [0.05, 0.1) is 11.4 Å². The fraction of sp³-hybridized carbons (Fsp3) is 0.250. The van der Waals surface area contributed by atoms with Gasteiger partial charge < -0.3 is 4.90 Å². The van der Waals surface area contributed by atoms with Gasteiger partial charge in [0.2, 0.25) is 16.0 Å². The van der Waals surface area contributed by atoms with Crippen LogP contribution < -0.4 is 14.9 Å². The lowest BCUT2D eigenvalue weighted by atomic mass is 10.1. The van der Waals surface area contributed by atoms with Gasteiger partial charge in [-0.1, -0.05) is 47.0 Å². The fourth-order valence-electron chi connectivity index (χ4n) is 4.08. The lowest BCUT2D eigenvalue weighted by Gasteiger charge is -2.21. The molecule has 1 aliphatic carbocycles. The van der Waals surface area contributed by atoms with Crippen molar-refractivity contribution >= 4 is 49.9 Å². The maximum Gasteiger partial charge on any atom is 0.258 e. The number of rotatable bonds is 9. The number of aromatic nitrogens is 4. The van der Waals surface area contributed by atoms with Crippen LogP contribution in [0, 0.1) is 0 Å². The lowest BCUT2D eigenvalue weighted by Crippen LogP contribution is -2.28. The van der Waals surface area contributed by atoms with Gasteiger partial charge in [-0.3, -0.25) is 10.1 Å². The molecule has 1 aromatic heterocycles. The van der Waals surface area contributed by atoms with Crippen LogP contribution in [0.4, 0.5) is 11.6 Å². The second kappa shape index (κ2) is 9.84. The third-order valence-electron chi connectivity index (χ3n) is 6.08. The number of hydrogen-bond donors (Lipinski definition) is 2. The Morgan fingerprint density at radius 1 is 1.11 bits per heavy atom. The smallest absolute Gasteiger partial charge is 0.258 e. The topological polar surface area (TPSA) is 122 Å². The molecule has 0 saturated heterocycles. The van der Waals surface area contributed by atoms with Gasteiger partial charge in [-0.15, -0.1) is 0 Å². The van der Waals surface area contributed by atoms with Crippen molar-refractivity contribution in [2.75, 3.05) is 23.8 Å². The molecule has 0 atom stereocenters. The molecule has 0 bridgehead atoms. The molecular weight excluding hydrogens is 502 g/mol. The third kappa shape index (κ3) is 5.03. The van der Waals surface area contributed by atoms with Crippen molar-refractivity contribution in [2.24, 2.45) is 0 Å². The first-order valence-corrected chi connectivity index (χ1v) is 13.3. The molecule has 1 fully saturated rings. The Kier molecular flexibility index (Phi) is 6.61. The molecule has 0 unspecified atom stereocenters. The van der Waals surface area contributed by atoms with Gasteiger partial charge in [0.15, 0.2) is 0 Å². The SMILES string of the molecule is CN(c1cccc2c(S(=O)(=O)NCCn3nnnc3NC(=O)c3cccc(Cl)c3)cccc12)C1CC1. The Labute approximate surface area is 213 Å². The Balaban J connectivity index is 1.29. The molecule has 3 aromatic carbocycles. The molecule has 10 nitrogen and oxygen atoms in total. The largest absolute Gasteiger partial charge is 0.371 e. The van der Waals surface area contributed by atoms with E-state index in [1.807, 2.05) is 31.3 Å². The zero-order chi connectivity index (χ0) is 25.3. The van der Waals surface area contributed by atoms with Crippen LogP contribution in [0.2, 0.25) is 5.02 Å². The summed E-state index contributed by atoms with van der Waals surface area (Å²) < 4.78 is 30.4. The fourth-order valence-corrected chi connectivity index (χ4v) is 5.51. The number of halogens is 1. The molecule has 1 heterocycles. The Bertz CT molecular complexity index is 1540. The number of fused-ring (bicyclic) bond motifs is 1. The molecule has 5 rings (SSSR count). The first-order valence-electron chi connectivity index (χ1n) is 11.4. The van der Waals surface area contributed by atoms with E-state index in [9.17, 15) is 13.2 Å². The van der Waals surface area contributed by atoms with E-state index in [4.69, 9.17) is 11.6 Å². The van der Waals surface area contributed by atoms with E-state index in [1.54, 1.807) is 30.3 Å². The van der Waals surface area contributed by atoms with E-state index >= 15 is 0 Å². The molecule has 2 N–H and O–H groups in total. The number of hydrogen-bond acceptors (Lipinski definition) is 7. The Morgan fingerprint density at radius 3 is 2.64 bits per heavy atom. The lowest BCUT2D eigenvalue weighted by molar-refractivity contribution is 0.102. The zero-order valence-electron chi connectivity index (χ0n) is 19.4. The first kappa shape index (κ1) is 24.2. The molecule has 4 aromatic rings. The number of tetrazole rings is 1. The van der Waals surface area contributed by atoms with E-state index in [0.29, 0.717) is 22.0 Å². The van der Waals surface area contributed by atoms with Gasteiger partial charge in [0.1, 0.15) is 0 Å². The minimum absolute atomic E-state index is 0.0193. The highest BCUT2D eigenvalue weighted by atomic mass is 35.5. The van der Waals surface area contributed by atoms with Crippen molar-refractivity contribution in [1.29, 1.82) is 0 Å². The Hall–Kier alpha value is -3.54. The number of nitrogens with one attached hydrogen (secondary N) is 2. The molecule has 1 saturated carbocycles. The summed E-state index contributed by atoms with van der Waals surface area (Å²) in [5.41, 5.74) is 1.36. The van der Waals surface area contributed by atoms with Gasteiger partial charge in [-0.2, -0.15) is 0 Å². The van der Waals surface area contributed by atoms with Crippen LogP contribution in [0.15, 0.2) is 65.6 Å². The van der Waals surface area contributed by atoms with Crippen LogP contribution in [-0.2, 0) is 16.6 Å². The molecule has 0 aliphatic heterocycles. The molecule has 0 spiro atoms. The van der Waals surface area contributed by atoms with Gasteiger partial charge in [0, 0.05) is 46.7 Å². The van der Waals surface area contributed by atoms with Crippen molar-refractivity contribution in [2.45, 2.75) is 30.3 Å². The Morgan fingerprint density at radius 2 is 1.86 bits per heavy atom. The number of anilines is 2. The molecule has 36 heavy (non-hydrogen) atoms. The number of carbonyl (C=O) groups is 1. The van der Waals surface area contributed by atoms with Crippen molar-refractivity contribution in [3.05, 3.63) is 71.2 Å². The van der Waals surface area contributed by atoms with E-state index < -0.39 is 15.9 Å². The van der Waals surface area contributed by atoms with Crippen LogP contribution >= 0.6 is 11.6 Å². The molecule has 186 valence electrons. The maximum absolute atomic E-state index is 13.2. The van der Waals surface area contributed by atoms with E-state index in [-0.39, 0.29) is 23.9 Å². The summed E-state index contributed by atoms with van der Waals surface area (Å²) in [6, 6.07) is 18.0. The quantitative estimate of drug-likeness (QED) is 0.344. The number of nitrogens with zero attached hydrogens (tertiary/aromatic N) is 5. The first-order chi connectivity index (χ1) is 17.3. The average Bonchev–Trinajstić information content (AvgIpc) is 3.63. The summed E-state index contributed by atoms with van der Waals surface area (Å²) in [5, 5.41) is 15.8. The van der Waals surface area contributed by atoms with Crippen LogP contribution in [-0.4, -0.2) is 54.2 Å². The number of sulfonamides is 1. The van der Waals surface area contributed by atoms with E-state index in [2.05, 4.69) is 30.5 Å². The summed E-state index contributed by atoms with van der Waals surface area (Å²) >= 11 is 5.95. The second-order valence-electron chi connectivity index (χ2n) is 8.56. The van der Waals surface area contributed by atoms with Crippen molar-refractivity contribution < 1.29 is 13.2 Å². The number of benzene rings is 3. The van der Waals surface area contributed by atoms with Crippen LogP contribution in [0.1, 0.15) is 23.2 Å². The highest BCUT2D eigenvalue weighted by Gasteiger charge is 2.28. The van der Waals surface area contributed by atoms with Crippen molar-refractivity contribution in [3.8, 4) is 0 Å². The predicted octanol–water partition coefficient (Wildman–Crippen LogP) is 3.31. The maximum atomic E-state index is 13.2. The average molecular weight is 526 g/mol. The number of amides is 1. The zero-order valence-corrected chi connectivity index (χ0v) is 21.0. The second-order valence-corrected chi connectivity index (χ2v) is 10.7. The third-order valence-corrected chi connectivity index (χ3v) is 7.84. The summed E-state index contributed by atoms with van der Waals surface area (Å²) in [5.74, 6) is -0.339. The standard InChI is InChI=1S/C24H24ClN7O3S/c1-31(18-11-12-18)21-9-3-8-20-19(21)7-4-10-22(20)36(34,35)26-13-14-32-24(28-29-30-32)27-23(33)16-5-2-6-17(25)15-16/h2-10,15,18,26H,11-14H2,1H3,(H,27,28,30,33). The molecule has 12 heteroatoms. The van der Waals surface area contributed by atoms with Crippen LogP contribution in [0.3, 0.4) is 0 Å². The van der Waals surface area contributed by atoms with Crippen molar-refractivity contribution in [1.82, 2.24) is 24.9 Å². The van der Waals surface area contributed by atoms with Gasteiger partial charge in [-0.25, -0.2) is 17.8 Å². The monoisotopic (exact) mass is 525 g/mol. The molecular formula is C24H24ClN7O3S. The minimum Gasteiger partial charge on any atom is -0.371 e. The predicted molar refractivity (Wildman–Crippen MR) is 138 cm³/mol. The highest BCUT2D eigenvalue weighted by Crippen LogP contribution is 2.36. The van der Waals surface area contributed by atoms with Crippen LogP contribution in [0.5, 0.6) is 0 Å². The van der Waals surface area contributed by atoms with Gasteiger partial charge in [-0.05, 0) is 53.6 Å². The summed E-state index contributed by atoms with van der Waals surface area (Å²) in [6.45, 7) is 0.128. The summed E-state index contributed by atoms with van der Waals surface area (Å²) in [6.07, 6.45) is 2.29. The van der Waals surface area contributed by atoms with Gasteiger partial charge in [0.25, 0.3) is 5.91 Å². The van der Waals surface area contributed by atoms with E-state index in [1.165, 1.54) is 10.7 Å². The molecule has 0 radical (unpaired) electrons.